The second-order valence-corrected chi connectivity index (χ2v) is 5.97. The predicted octanol–water partition coefficient (Wildman–Crippen LogP) is 2.62. The lowest BCUT2D eigenvalue weighted by Gasteiger charge is -2.30. The second kappa shape index (κ2) is 6.10. The molecule has 0 bridgehead atoms. The Morgan fingerprint density at radius 2 is 2.16 bits per heavy atom. The first-order chi connectivity index (χ1) is 9.06. The summed E-state index contributed by atoms with van der Waals surface area (Å²) in [6, 6.07) is 2.02. The van der Waals surface area contributed by atoms with Crippen LogP contribution >= 0.6 is 11.6 Å². The Hall–Kier alpha value is -0.800. The number of fused-ring (bicyclic) bond motifs is 1. The van der Waals surface area contributed by atoms with Gasteiger partial charge in [0.25, 0.3) is 5.56 Å². The van der Waals surface area contributed by atoms with E-state index >= 15 is 0 Å². The van der Waals surface area contributed by atoms with E-state index in [0.29, 0.717) is 11.8 Å². The molecule has 0 saturated heterocycles. The van der Waals surface area contributed by atoms with Gasteiger partial charge in [0.1, 0.15) is 0 Å². The van der Waals surface area contributed by atoms with Crippen LogP contribution in [0, 0.1) is 5.92 Å². The van der Waals surface area contributed by atoms with Crippen LogP contribution in [0.4, 0.5) is 0 Å². The highest BCUT2D eigenvalue weighted by Crippen LogP contribution is 2.20. The Morgan fingerprint density at radius 1 is 1.42 bits per heavy atom. The van der Waals surface area contributed by atoms with Crippen LogP contribution < -0.4 is 5.56 Å². The fourth-order valence-corrected chi connectivity index (χ4v) is 2.96. The van der Waals surface area contributed by atoms with E-state index in [1.54, 1.807) is 0 Å². The summed E-state index contributed by atoms with van der Waals surface area (Å²) in [5.41, 5.74) is 3.34. The summed E-state index contributed by atoms with van der Waals surface area (Å²) in [4.78, 5) is 14.8. The fraction of sp³-hybridized carbons (Fsp3) is 0.667. The van der Waals surface area contributed by atoms with Crippen molar-refractivity contribution in [3.05, 3.63) is 33.2 Å². The fourth-order valence-electron chi connectivity index (χ4n) is 2.76. The molecule has 0 saturated carbocycles. The van der Waals surface area contributed by atoms with Gasteiger partial charge in [-0.05, 0) is 24.1 Å². The quantitative estimate of drug-likeness (QED) is 0.793. The first-order valence-corrected chi connectivity index (χ1v) is 7.63. The van der Waals surface area contributed by atoms with Gasteiger partial charge in [-0.3, -0.25) is 9.69 Å². The number of rotatable bonds is 4. The van der Waals surface area contributed by atoms with Crippen LogP contribution in [-0.4, -0.2) is 22.6 Å². The Morgan fingerprint density at radius 3 is 2.74 bits per heavy atom. The third-order valence-electron chi connectivity index (χ3n) is 3.76. The maximum absolute atomic E-state index is 12.4. The second-order valence-electron chi connectivity index (χ2n) is 5.70. The van der Waals surface area contributed by atoms with Crippen LogP contribution in [0.1, 0.15) is 37.6 Å². The van der Waals surface area contributed by atoms with Gasteiger partial charge in [-0.2, -0.15) is 0 Å². The molecule has 1 aromatic rings. The lowest BCUT2D eigenvalue weighted by Crippen LogP contribution is -2.37. The molecule has 0 unspecified atom stereocenters. The van der Waals surface area contributed by atoms with Crippen molar-refractivity contribution in [3.8, 4) is 0 Å². The molecule has 106 valence electrons. The zero-order chi connectivity index (χ0) is 14.0. The molecular formula is C15H23ClN2O. The SMILES string of the molecule is CCN1CCc2c(cc(CCl)c(=O)n2CC(C)C)C1. The standard InChI is InChI=1S/C15H23ClN2O/c1-4-17-6-5-14-13(10-17)7-12(8-16)15(19)18(14)9-11(2)3/h7,11H,4-6,8-10H2,1-3H3. The van der Waals surface area contributed by atoms with Crippen molar-refractivity contribution in [2.75, 3.05) is 13.1 Å². The summed E-state index contributed by atoms with van der Waals surface area (Å²) >= 11 is 5.93. The van der Waals surface area contributed by atoms with E-state index in [1.165, 1.54) is 11.3 Å². The molecule has 0 spiro atoms. The lowest BCUT2D eigenvalue weighted by molar-refractivity contribution is 0.260. The zero-order valence-electron chi connectivity index (χ0n) is 12.1. The summed E-state index contributed by atoms with van der Waals surface area (Å²) < 4.78 is 1.96. The largest absolute Gasteiger partial charge is 0.312 e. The van der Waals surface area contributed by atoms with Crippen molar-refractivity contribution < 1.29 is 0 Å². The molecule has 1 aromatic heterocycles. The topological polar surface area (TPSA) is 25.2 Å². The third kappa shape index (κ3) is 3.03. The van der Waals surface area contributed by atoms with Gasteiger partial charge in [0.15, 0.2) is 0 Å². The van der Waals surface area contributed by atoms with Crippen molar-refractivity contribution in [1.82, 2.24) is 9.47 Å². The van der Waals surface area contributed by atoms with E-state index in [1.807, 2.05) is 10.6 Å². The van der Waals surface area contributed by atoms with Gasteiger partial charge in [-0.15, -0.1) is 11.6 Å². The van der Waals surface area contributed by atoms with E-state index in [2.05, 4.69) is 25.7 Å². The first kappa shape index (κ1) is 14.6. The third-order valence-corrected chi connectivity index (χ3v) is 4.05. The van der Waals surface area contributed by atoms with E-state index < -0.39 is 0 Å². The predicted molar refractivity (Wildman–Crippen MR) is 79.8 cm³/mol. The molecule has 0 atom stereocenters. The van der Waals surface area contributed by atoms with Crippen molar-refractivity contribution in [3.63, 3.8) is 0 Å². The molecule has 0 radical (unpaired) electrons. The Kier molecular flexibility index (Phi) is 4.69. The number of hydrogen-bond donors (Lipinski definition) is 0. The molecule has 0 aliphatic carbocycles. The van der Waals surface area contributed by atoms with Gasteiger partial charge in [-0.1, -0.05) is 20.8 Å². The lowest BCUT2D eigenvalue weighted by atomic mass is 10.0. The highest BCUT2D eigenvalue weighted by molar-refractivity contribution is 6.17. The van der Waals surface area contributed by atoms with Gasteiger partial charge in [-0.25, -0.2) is 0 Å². The van der Waals surface area contributed by atoms with E-state index in [4.69, 9.17) is 11.6 Å². The zero-order valence-corrected chi connectivity index (χ0v) is 12.8. The monoisotopic (exact) mass is 282 g/mol. The van der Waals surface area contributed by atoms with Crippen LogP contribution in [0.15, 0.2) is 10.9 Å². The van der Waals surface area contributed by atoms with Gasteiger partial charge >= 0.3 is 0 Å². The number of nitrogens with zero attached hydrogens (tertiary/aromatic N) is 2. The van der Waals surface area contributed by atoms with Crippen molar-refractivity contribution in [1.29, 1.82) is 0 Å². The van der Waals surface area contributed by atoms with E-state index in [0.717, 1.165) is 38.2 Å². The van der Waals surface area contributed by atoms with Crippen LogP contribution in [-0.2, 0) is 25.4 Å². The molecule has 19 heavy (non-hydrogen) atoms. The Labute approximate surface area is 120 Å². The highest BCUT2D eigenvalue weighted by Gasteiger charge is 2.21. The maximum Gasteiger partial charge on any atom is 0.255 e. The molecule has 2 heterocycles. The maximum atomic E-state index is 12.4. The number of likely N-dealkylation sites (N-methyl/N-ethyl adjacent to an activating group) is 1. The van der Waals surface area contributed by atoms with Crippen LogP contribution in [0.3, 0.4) is 0 Å². The molecule has 2 rings (SSSR count). The molecule has 1 aliphatic heterocycles. The number of alkyl halides is 1. The number of halogens is 1. The number of hydrogen-bond acceptors (Lipinski definition) is 2. The molecule has 0 N–H and O–H groups in total. The average molecular weight is 283 g/mol. The van der Waals surface area contributed by atoms with Crippen LogP contribution in [0.5, 0.6) is 0 Å². The Balaban J connectivity index is 2.49. The van der Waals surface area contributed by atoms with Gasteiger partial charge < -0.3 is 4.57 Å². The van der Waals surface area contributed by atoms with Crippen LogP contribution in [0.25, 0.3) is 0 Å². The van der Waals surface area contributed by atoms with Crippen molar-refractivity contribution in [2.45, 2.75) is 46.2 Å². The molecule has 4 heteroatoms. The smallest absolute Gasteiger partial charge is 0.255 e. The minimum absolute atomic E-state index is 0.104. The van der Waals surface area contributed by atoms with E-state index in [-0.39, 0.29) is 5.56 Å². The first-order valence-electron chi connectivity index (χ1n) is 7.09. The molecule has 0 fully saturated rings. The highest BCUT2D eigenvalue weighted by atomic mass is 35.5. The summed E-state index contributed by atoms with van der Waals surface area (Å²) in [6.07, 6.45) is 0.966. The summed E-state index contributed by atoms with van der Waals surface area (Å²) in [5, 5.41) is 0. The minimum atomic E-state index is 0.104. The van der Waals surface area contributed by atoms with Crippen molar-refractivity contribution >= 4 is 11.6 Å². The van der Waals surface area contributed by atoms with Gasteiger partial charge in [0, 0.05) is 37.3 Å². The van der Waals surface area contributed by atoms with Crippen molar-refractivity contribution in [2.24, 2.45) is 5.92 Å². The van der Waals surface area contributed by atoms with E-state index in [9.17, 15) is 4.79 Å². The minimum Gasteiger partial charge on any atom is -0.312 e. The molecule has 3 nitrogen and oxygen atoms in total. The average Bonchev–Trinajstić information content (AvgIpc) is 2.40. The summed E-state index contributed by atoms with van der Waals surface area (Å²) in [6.45, 7) is 10.3. The molecule has 1 aliphatic rings. The number of pyridine rings is 1. The normalized spacial score (nSPS) is 15.8. The van der Waals surface area contributed by atoms with Gasteiger partial charge in [0.05, 0.1) is 5.88 Å². The molecule has 0 aromatic carbocycles. The van der Waals surface area contributed by atoms with Gasteiger partial charge in [0.2, 0.25) is 0 Å². The van der Waals surface area contributed by atoms with Crippen LogP contribution in [0.2, 0.25) is 0 Å². The number of aromatic nitrogens is 1. The molecule has 0 amide bonds. The Bertz CT molecular complexity index is 508. The summed E-state index contributed by atoms with van der Waals surface area (Å²) in [7, 11) is 0. The molecular weight excluding hydrogens is 260 g/mol. The summed E-state index contributed by atoms with van der Waals surface area (Å²) in [5.74, 6) is 0.771.